The van der Waals surface area contributed by atoms with Crippen LogP contribution in [-0.4, -0.2) is 17.0 Å². The van der Waals surface area contributed by atoms with Gasteiger partial charge in [0.05, 0.1) is 6.10 Å². The van der Waals surface area contributed by atoms with Gasteiger partial charge in [-0.3, -0.25) is 4.79 Å². The Morgan fingerprint density at radius 3 is 2.78 bits per heavy atom. The molecule has 1 aromatic carbocycles. The van der Waals surface area contributed by atoms with Crippen LogP contribution in [0.15, 0.2) is 22.7 Å². The maximum Gasteiger partial charge on any atom is 0.166 e. The van der Waals surface area contributed by atoms with Crippen molar-refractivity contribution in [1.82, 2.24) is 0 Å². The zero-order valence-corrected chi connectivity index (χ0v) is 12.4. The van der Waals surface area contributed by atoms with Gasteiger partial charge in [-0.2, -0.15) is 0 Å². The Morgan fingerprint density at radius 1 is 1.39 bits per heavy atom. The number of aryl methyl sites for hydroxylation is 1. The van der Waals surface area contributed by atoms with E-state index in [4.69, 9.17) is 0 Å². The Bertz CT molecular complexity index is 456. The third-order valence-corrected chi connectivity index (χ3v) is 4.45. The van der Waals surface area contributed by atoms with Crippen molar-refractivity contribution in [3.05, 3.63) is 33.8 Å². The first-order valence-electron chi connectivity index (χ1n) is 6.47. The summed E-state index contributed by atoms with van der Waals surface area (Å²) in [5.41, 5.74) is 1.85. The van der Waals surface area contributed by atoms with E-state index in [-0.39, 0.29) is 23.7 Å². The number of hydrogen-bond acceptors (Lipinski definition) is 2. The topological polar surface area (TPSA) is 37.3 Å². The van der Waals surface area contributed by atoms with E-state index in [2.05, 4.69) is 15.9 Å². The van der Waals surface area contributed by atoms with Crippen LogP contribution in [0, 0.1) is 18.8 Å². The summed E-state index contributed by atoms with van der Waals surface area (Å²) in [5.74, 6) is 0.518. The van der Waals surface area contributed by atoms with Crippen LogP contribution in [0.2, 0.25) is 0 Å². The SMILES string of the molecule is Cc1ccc(Br)cc1C(=O)C1CC[C@@H](O)[C@H](C)C1. The van der Waals surface area contributed by atoms with E-state index in [0.717, 1.165) is 34.9 Å². The molecule has 0 amide bonds. The number of halogens is 1. The Balaban J connectivity index is 2.19. The summed E-state index contributed by atoms with van der Waals surface area (Å²) in [6.45, 7) is 4.00. The van der Waals surface area contributed by atoms with Gasteiger partial charge in [0.1, 0.15) is 0 Å². The molecule has 1 aromatic rings. The van der Waals surface area contributed by atoms with Gasteiger partial charge in [0.15, 0.2) is 5.78 Å². The van der Waals surface area contributed by atoms with E-state index >= 15 is 0 Å². The number of aliphatic hydroxyl groups is 1. The Kier molecular flexibility index (Phi) is 4.23. The van der Waals surface area contributed by atoms with Crippen molar-refractivity contribution in [2.45, 2.75) is 39.2 Å². The third kappa shape index (κ3) is 2.83. The lowest BCUT2D eigenvalue weighted by Crippen LogP contribution is -2.31. The maximum absolute atomic E-state index is 12.5. The number of aliphatic hydroxyl groups excluding tert-OH is 1. The van der Waals surface area contributed by atoms with E-state index in [9.17, 15) is 9.90 Å². The number of Topliss-reactive ketones (excluding diaryl/α,β-unsaturated/α-hetero) is 1. The lowest BCUT2D eigenvalue weighted by molar-refractivity contribution is 0.0506. The summed E-state index contributed by atoms with van der Waals surface area (Å²) in [6.07, 6.45) is 2.10. The van der Waals surface area contributed by atoms with Crippen LogP contribution in [-0.2, 0) is 0 Å². The number of benzene rings is 1. The molecule has 1 N–H and O–H groups in total. The molecular weight excluding hydrogens is 292 g/mol. The second kappa shape index (κ2) is 5.54. The molecule has 0 aliphatic heterocycles. The number of rotatable bonds is 2. The smallest absolute Gasteiger partial charge is 0.166 e. The van der Waals surface area contributed by atoms with Gasteiger partial charge >= 0.3 is 0 Å². The summed E-state index contributed by atoms with van der Waals surface area (Å²) in [5, 5.41) is 9.73. The number of hydrogen-bond donors (Lipinski definition) is 1. The molecule has 1 fully saturated rings. The summed E-state index contributed by atoms with van der Waals surface area (Å²) < 4.78 is 0.945. The zero-order valence-electron chi connectivity index (χ0n) is 10.8. The molecule has 2 nitrogen and oxygen atoms in total. The van der Waals surface area contributed by atoms with Gasteiger partial charge in [0, 0.05) is 16.0 Å². The van der Waals surface area contributed by atoms with Crippen LogP contribution in [0.4, 0.5) is 0 Å². The lowest BCUT2D eigenvalue weighted by atomic mass is 9.77. The van der Waals surface area contributed by atoms with Crippen LogP contribution in [0.5, 0.6) is 0 Å². The molecule has 1 unspecified atom stereocenters. The predicted octanol–water partition coefficient (Wildman–Crippen LogP) is 3.74. The van der Waals surface area contributed by atoms with Crippen LogP contribution in [0.3, 0.4) is 0 Å². The molecule has 98 valence electrons. The van der Waals surface area contributed by atoms with Gasteiger partial charge in [-0.05, 0) is 49.8 Å². The van der Waals surface area contributed by atoms with Crippen molar-refractivity contribution in [2.24, 2.45) is 11.8 Å². The molecule has 0 aromatic heterocycles. The summed E-state index contributed by atoms with van der Waals surface area (Å²) >= 11 is 3.42. The van der Waals surface area contributed by atoms with Crippen LogP contribution in [0.25, 0.3) is 0 Å². The number of ketones is 1. The fourth-order valence-electron chi connectivity index (χ4n) is 2.70. The number of carbonyl (C=O) groups excluding carboxylic acids is 1. The fourth-order valence-corrected chi connectivity index (χ4v) is 3.06. The van der Waals surface area contributed by atoms with Crippen LogP contribution < -0.4 is 0 Å². The van der Waals surface area contributed by atoms with Crippen molar-refractivity contribution in [2.75, 3.05) is 0 Å². The molecule has 1 aliphatic rings. The van der Waals surface area contributed by atoms with Crippen molar-refractivity contribution < 1.29 is 9.90 Å². The van der Waals surface area contributed by atoms with Gasteiger partial charge in [-0.1, -0.05) is 28.9 Å². The highest BCUT2D eigenvalue weighted by Crippen LogP contribution is 2.32. The Hall–Kier alpha value is -0.670. The minimum absolute atomic E-state index is 0.0661. The highest BCUT2D eigenvalue weighted by atomic mass is 79.9. The molecule has 0 radical (unpaired) electrons. The summed E-state index contributed by atoms with van der Waals surface area (Å²) in [6, 6.07) is 5.84. The first-order valence-corrected chi connectivity index (χ1v) is 7.26. The van der Waals surface area contributed by atoms with Gasteiger partial charge < -0.3 is 5.11 Å². The molecule has 3 atom stereocenters. The van der Waals surface area contributed by atoms with E-state index < -0.39 is 0 Å². The van der Waals surface area contributed by atoms with Crippen molar-refractivity contribution in [3.63, 3.8) is 0 Å². The highest BCUT2D eigenvalue weighted by Gasteiger charge is 2.31. The average Bonchev–Trinajstić information content (AvgIpc) is 2.35. The lowest BCUT2D eigenvalue weighted by Gasteiger charge is -2.30. The second-order valence-electron chi connectivity index (χ2n) is 5.38. The van der Waals surface area contributed by atoms with E-state index in [0.29, 0.717) is 0 Å². The van der Waals surface area contributed by atoms with E-state index in [1.807, 2.05) is 32.0 Å². The van der Waals surface area contributed by atoms with Gasteiger partial charge in [-0.15, -0.1) is 0 Å². The molecule has 0 saturated heterocycles. The van der Waals surface area contributed by atoms with Gasteiger partial charge in [-0.25, -0.2) is 0 Å². The highest BCUT2D eigenvalue weighted by molar-refractivity contribution is 9.10. The molecule has 1 aliphatic carbocycles. The molecule has 0 spiro atoms. The van der Waals surface area contributed by atoms with E-state index in [1.54, 1.807) is 0 Å². The minimum atomic E-state index is -0.238. The Morgan fingerprint density at radius 2 is 2.11 bits per heavy atom. The summed E-state index contributed by atoms with van der Waals surface area (Å²) in [7, 11) is 0. The van der Waals surface area contributed by atoms with Gasteiger partial charge in [0.2, 0.25) is 0 Å². The average molecular weight is 311 g/mol. The quantitative estimate of drug-likeness (QED) is 0.845. The summed E-state index contributed by atoms with van der Waals surface area (Å²) in [4.78, 5) is 12.5. The monoisotopic (exact) mass is 310 g/mol. The fraction of sp³-hybridized carbons (Fsp3) is 0.533. The molecule has 0 bridgehead atoms. The van der Waals surface area contributed by atoms with Gasteiger partial charge in [0.25, 0.3) is 0 Å². The normalized spacial score (nSPS) is 28.1. The van der Waals surface area contributed by atoms with Crippen molar-refractivity contribution in [3.8, 4) is 0 Å². The van der Waals surface area contributed by atoms with Crippen LogP contribution >= 0.6 is 15.9 Å². The van der Waals surface area contributed by atoms with Crippen LogP contribution in [0.1, 0.15) is 42.1 Å². The second-order valence-corrected chi connectivity index (χ2v) is 6.29. The predicted molar refractivity (Wildman–Crippen MR) is 75.7 cm³/mol. The van der Waals surface area contributed by atoms with Crippen molar-refractivity contribution >= 4 is 21.7 Å². The molecular formula is C15H19BrO2. The third-order valence-electron chi connectivity index (χ3n) is 3.96. The van der Waals surface area contributed by atoms with Crippen molar-refractivity contribution in [1.29, 1.82) is 0 Å². The maximum atomic E-state index is 12.5. The zero-order chi connectivity index (χ0) is 13.3. The van der Waals surface area contributed by atoms with E-state index in [1.165, 1.54) is 0 Å². The molecule has 1 saturated carbocycles. The molecule has 3 heteroatoms. The Labute approximate surface area is 117 Å². The molecule has 18 heavy (non-hydrogen) atoms. The molecule has 0 heterocycles. The standard InChI is InChI=1S/C15H19BrO2/c1-9-3-5-12(16)8-13(9)15(18)11-4-6-14(17)10(2)7-11/h3,5,8,10-11,14,17H,4,6-7H2,1-2H3/t10-,11?,14-/m1/s1. The number of carbonyl (C=O) groups is 1. The largest absolute Gasteiger partial charge is 0.393 e. The first kappa shape index (κ1) is 13.8. The minimum Gasteiger partial charge on any atom is -0.393 e. The molecule has 2 rings (SSSR count). The first-order chi connectivity index (χ1) is 8.49.